The second kappa shape index (κ2) is 9.15. The van der Waals surface area contributed by atoms with Crippen LogP contribution in [0.1, 0.15) is 64.4 Å². The van der Waals surface area contributed by atoms with Crippen molar-refractivity contribution < 1.29 is 19.4 Å². The molecule has 0 aromatic heterocycles. The zero-order chi connectivity index (χ0) is 21.9. The number of hydrogen-bond acceptors (Lipinski definition) is 4. The molecule has 1 aromatic rings. The van der Waals surface area contributed by atoms with Gasteiger partial charge in [-0.3, -0.25) is 4.79 Å². The second-order valence-corrected chi connectivity index (χ2v) is 9.88. The van der Waals surface area contributed by atoms with E-state index >= 15 is 0 Å². The van der Waals surface area contributed by atoms with Gasteiger partial charge in [0.2, 0.25) is 5.91 Å². The van der Waals surface area contributed by atoms with Crippen LogP contribution in [0.5, 0.6) is 0 Å². The zero-order valence-electron chi connectivity index (χ0n) is 18.2. The molecule has 1 aromatic carbocycles. The molecule has 6 nitrogen and oxygen atoms in total. The smallest absolute Gasteiger partial charge is 0.410 e. The van der Waals surface area contributed by atoms with E-state index in [1.54, 1.807) is 21.9 Å². The van der Waals surface area contributed by atoms with E-state index < -0.39 is 17.1 Å². The maximum absolute atomic E-state index is 13.6. The lowest BCUT2D eigenvalue weighted by Gasteiger charge is -2.43. The largest absolute Gasteiger partial charge is 0.444 e. The number of halogens is 1. The summed E-state index contributed by atoms with van der Waals surface area (Å²) in [5.74, 6) is -0.741. The van der Waals surface area contributed by atoms with Crippen LogP contribution in [-0.2, 0) is 9.53 Å². The van der Waals surface area contributed by atoms with Crippen molar-refractivity contribution in [2.24, 2.45) is 0 Å². The Labute approximate surface area is 184 Å². The van der Waals surface area contributed by atoms with E-state index in [-0.39, 0.29) is 12.0 Å². The highest BCUT2D eigenvalue weighted by atomic mass is 35.5. The van der Waals surface area contributed by atoms with Gasteiger partial charge in [0.15, 0.2) is 0 Å². The summed E-state index contributed by atoms with van der Waals surface area (Å²) in [5, 5.41) is 12.0. The number of aliphatic hydroxyl groups is 1. The Bertz CT molecular complexity index is 763. The van der Waals surface area contributed by atoms with Gasteiger partial charge in [-0.2, -0.15) is 0 Å². The fourth-order valence-corrected chi connectivity index (χ4v) is 4.64. The lowest BCUT2D eigenvalue weighted by molar-refractivity contribution is -0.143. The first kappa shape index (κ1) is 22.9. The molecular weight excluding hydrogens is 404 g/mol. The first-order valence-electron chi connectivity index (χ1n) is 10.8. The highest BCUT2D eigenvalue weighted by Gasteiger charge is 2.45. The molecule has 0 unspecified atom stereocenters. The summed E-state index contributed by atoms with van der Waals surface area (Å²) < 4.78 is 5.44. The molecule has 2 amide bonds. The summed E-state index contributed by atoms with van der Waals surface area (Å²) >= 11 is 6.21. The molecule has 0 bridgehead atoms. The van der Waals surface area contributed by atoms with Crippen molar-refractivity contribution in [3.05, 3.63) is 34.9 Å². The average Bonchev–Trinajstić information content (AvgIpc) is 2.67. The molecule has 2 fully saturated rings. The van der Waals surface area contributed by atoms with Gasteiger partial charge in [-0.25, -0.2) is 4.79 Å². The van der Waals surface area contributed by atoms with Crippen molar-refractivity contribution in [1.82, 2.24) is 9.80 Å². The topological polar surface area (TPSA) is 70.1 Å². The number of ether oxygens (including phenoxy) is 1. The summed E-state index contributed by atoms with van der Waals surface area (Å²) in [4.78, 5) is 29.3. The summed E-state index contributed by atoms with van der Waals surface area (Å²) in [6.45, 7) is 7.19. The predicted octanol–water partition coefficient (Wildman–Crippen LogP) is 4.20. The second-order valence-electron chi connectivity index (χ2n) is 9.44. The molecule has 7 heteroatoms. The molecule has 166 valence electrons. The fraction of sp³-hybridized carbons (Fsp3) is 0.652. The Morgan fingerprint density at radius 2 is 1.67 bits per heavy atom. The maximum Gasteiger partial charge on any atom is 0.410 e. The third-order valence-electron chi connectivity index (χ3n) is 5.93. The monoisotopic (exact) mass is 436 g/mol. The number of nitrogens with zero attached hydrogens (tertiary/aromatic N) is 2. The highest BCUT2D eigenvalue weighted by Crippen LogP contribution is 2.41. The summed E-state index contributed by atoms with van der Waals surface area (Å²) in [5.41, 5.74) is -0.861. The SMILES string of the molecule is CC(C)(C)OC(=O)N1CCN(C(=O)[C@@H](c2cccc(Cl)c2)C2(O)CCCCC2)CC1. The minimum Gasteiger partial charge on any atom is -0.444 e. The number of carbonyl (C=O) groups is 2. The van der Waals surface area contributed by atoms with E-state index in [9.17, 15) is 14.7 Å². The molecule has 1 aliphatic carbocycles. The highest BCUT2D eigenvalue weighted by molar-refractivity contribution is 6.30. The molecule has 1 N–H and O–H groups in total. The van der Waals surface area contributed by atoms with Crippen molar-refractivity contribution in [3.63, 3.8) is 0 Å². The predicted molar refractivity (Wildman–Crippen MR) is 117 cm³/mol. The molecule has 1 saturated heterocycles. The molecule has 0 spiro atoms. The Hall–Kier alpha value is -1.79. The van der Waals surface area contributed by atoms with E-state index in [1.165, 1.54) is 0 Å². The van der Waals surface area contributed by atoms with Crippen molar-refractivity contribution in [2.75, 3.05) is 26.2 Å². The van der Waals surface area contributed by atoms with Crippen LogP contribution in [0.3, 0.4) is 0 Å². The number of hydrogen-bond donors (Lipinski definition) is 1. The van der Waals surface area contributed by atoms with Gasteiger partial charge in [-0.1, -0.05) is 43.0 Å². The van der Waals surface area contributed by atoms with Crippen LogP contribution < -0.4 is 0 Å². The van der Waals surface area contributed by atoms with E-state index in [1.807, 2.05) is 32.9 Å². The van der Waals surface area contributed by atoms with Crippen LogP contribution in [-0.4, -0.2) is 64.3 Å². The zero-order valence-corrected chi connectivity index (χ0v) is 19.0. The summed E-state index contributed by atoms with van der Waals surface area (Å²) in [7, 11) is 0. The minimum absolute atomic E-state index is 0.0921. The van der Waals surface area contributed by atoms with E-state index in [2.05, 4.69) is 0 Å². The molecule has 30 heavy (non-hydrogen) atoms. The number of rotatable bonds is 3. The van der Waals surface area contributed by atoms with E-state index in [0.29, 0.717) is 44.0 Å². The third kappa shape index (κ3) is 5.46. The van der Waals surface area contributed by atoms with Crippen molar-refractivity contribution >= 4 is 23.6 Å². The molecule has 3 rings (SSSR count). The molecule has 1 atom stereocenters. The van der Waals surface area contributed by atoms with Gasteiger partial charge in [0, 0.05) is 31.2 Å². The average molecular weight is 437 g/mol. The normalized spacial score (nSPS) is 20.6. The van der Waals surface area contributed by atoms with Crippen LogP contribution in [0.2, 0.25) is 5.02 Å². The van der Waals surface area contributed by atoms with Gasteiger partial charge >= 0.3 is 6.09 Å². The van der Waals surface area contributed by atoms with Crippen molar-refractivity contribution in [3.8, 4) is 0 Å². The maximum atomic E-state index is 13.6. The molecule has 1 aliphatic heterocycles. The van der Waals surface area contributed by atoms with Gasteiger partial charge in [-0.05, 0) is 51.3 Å². The number of amides is 2. The van der Waals surface area contributed by atoms with Crippen LogP contribution in [0, 0.1) is 0 Å². The summed E-state index contributed by atoms with van der Waals surface area (Å²) in [6.07, 6.45) is 3.75. The molecule has 2 aliphatic rings. The van der Waals surface area contributed by atoms with E-state index in [4.69, 9.17) is 16.3 Å². The first-order chi connectivity index (χ1) is 14.1. The van der Waals surface area contributed by atoms with Gasteiger partial charge < -0.3 is 19.6 Å². The van der Waals surface area contributed by atoms with Gasteiger partial charge in [-0.15, -0.1) is 0 Å². The van der Waals surface area contributed by atoms with Crippen LogP contribution >= 0.6 is 11.6 Å². The Morgan fingerprint density at radius 1 is 1.07 bits per heavy atom. The van der Waals surface area contributed by atoms with Gasteiger partial charge in [0.05, 0.1) is 11.5 Å². The van der Waals surface area contributed by atoms with Crippen molar-refractivity contribution in [1.29, 1.82) is 0 Å². The van der Waals surface area contributed by atoms with Gasteiger partial charge in [0.25, 0.3) is 0 Å². The molecule has 1 heterocycles. The standard InChI is InChI=1S/C23H33ClN2O4/c1-22(2,3)30-21(28)26-14-12-25(13-15-26)20(27)19(17-8-7-9-18(24)16-17)23(29)10-5-4-6-11-23/h7-9,16,19,29H,4-6,10-15H2,1-3H3/t19-/m1/s1. The Morgan fingerprint density at radius 3 is 2.23 bits per heavy atom. The quantitative estimate of drug-likeness (QED) is 0.770. The first-order valence-corrected chi connectivity index (χ1v) is 11.2. The lowest BCUT2D eigenvalue weighted by Crippen LogP contribution is -2.55. The Balaban J connectivity index is 1.75. The number of benzene rings is 1. The third-order valence-corrected chi connectivity index (χ3v) is 6.16. The number of piperazine rings is 1. The Kier molecular flexibility index (Phi) is 6.98. The van der Waals surface area contributed by atoms with Crippen molar-refractivity contribution in [2.45, 2.75) is 70.0 Å². The lowest BCUT2D eigenvalue weighted by atomic mass is 9.72. The van der Waals surface area contributed by atoms with Crippen LogP contribution in [0.15, 0.2) is 24.3 Å². The fourth-order valence-electron chi connectivity index (χ4n) is 4.44. The van der Waals surface area contributed by atoms with E-state index in [0.717, 1.165) is 24.8 Å². The molecule has 1 saturated carbocycles. The molecular formula is C23H33ClN2O4. The van der Waals surface area contributed by atoms with Crippen LogP contribution in [0.4, 0.5) is 4.79 Å². The molecule has 0 radical (unpaired) electrons. The van der Waals surface area contributed by atoms with Gasteiger partial charge in [0.1, 0.15) is 5.60 Å². The van der Waals surface area contributed by atoms with Crippen LogP contribution in [0.25, 0.3) is 0 Å². The number of carbonyl (C=O) groups excluding carboxylic acids is 2. The minimum atomic E-state index is -1.07. The summed E-state index contributed by atoms with van der Waals surface area (Å²) in [6, 6.07) is 7.26.